The zero-order valence-corrected chi connectivity index (χ0v) is 20.2. The van der Waals surface area contributed by atoms with Crippen molar-refractivity contribution in [3.8, 4) is 0 Å². The van der Waals surface area contributed by atoms with E-state index in [0.29, 0.717) is 15.8 Å². The van der Waals surface area contributed by atoms with E-state index in [4.69, 9.17) is 16.3 Å². The summed E-state index contributed by atoms with van der Waals surface area (Å²) in [6.45, 7) is 1.55. The van der Waals surface area contributed by atoms with Gasteiger partial charge in [-0.1, -0.05) is 29.8 Å². The molecule has 0 unspecified atom stereocenters. The normalized spacial score (nSPS) is 19.6. The van der Waals surface area contributed by atoms with Crippen LogP contribution in [-0.4, -0.2) is 46.6 Å². The highest BCUT2D eigenvalue weighted by Crippen LogP contribution is 2.37. The minimum Gasteiger partial charge on any atom is -0.384 e. The van der Waals surface area contributed by atoms with Crippen molar-refractivity contribution in [2.45, 2.75) is 55.5 Å². The van der Waals surface area contributed by atoms with Crippen molar-refractivity contribution in [3.05, 3.63) is 64.2 Å². The summed E-state index contributed by atoms with van der Waals surface area (Å²) in [5.74, 6) is 0.461. The number of sulfonamides is 1. The Kier molecular flexibility index (Phi) is 8.53. The van der Waals surface area contributed by atoms with Crippen LogP contribution in [0.25, 0.3) is 0 Å². The predicted molar refractivity (Wildman–Crippen MR) is 126 cm³/mol. The van der Waals surface area contributed by atoms with E-state index in [2.05, 4.69) is 23.5 Å². The van der Waals surface area contributed by atoms with E-state index >= 15 is 0 Å². The first kappa shape index (κ1) is 24.2. The van der Waals surface area contributed by atoms with Crippen LogP contribution >= 0.6 is 11.6 Å². The molecular formula is C24H33ClN2O3S. The number of halogens is 1. The molecule has 0 amide bonds. The molecule has 1 N–H and O–H groups in total. The Balaban J connectivity index is 1.69. The Morgan fingerprint density at radius 2 is 1.77 bits per heavy atom. The molecule has 5 nitrogen and oxygen atoms in total. The SMILES string of the molecule is CNCc1cc(CCOC)ccc1C1CCC(N(C)S(=O)(=O)c2ccc(Cl)cc2)CC1. The zero-order valence-electron chi connectivity index (χ0n) is 18.6. The fraction of sp³-hybridized carbons (Fsp3) is 0.500. The lowest BCUT2D eigenvalue weighted by atomic mass is 9.79. The molecule has 0 aliphatic heterocycles. The maximum Gasteiger partial charge on any atom is 0.243 e. The van der Waals surface area contributed by atoms with E-state index in [0.717, 1.165) is 45.3 Å². The van der Waals surface area contributed by atoms with Crippen molar-refractivity contribution in [3.63, 3.8) is 0 Å². The van der Waals surface area contributed by atoms with Crippen LogP contribution in [0.1, 0.15) is 48.3 Å². The van der Waals surface area contributed by atoms with E-state index in [-0.39, 0.29) is 6.04 Å². The van der Waals surface area contributed by atoms with Crippen LogP contribution in [0, 0.1) is 0 Å². The molecule has 0 radical (unpaired) electrons. The molecule has 1 fully saturated rings. The Morgan fingerprint density at radius 1 is 1.10 bits per heavy atom. The van der Waals surface area contributed by atoms with Gasteiger partial charge in [0.15, 0.2) is 0 Å². The van der Waals surface area contributed by atoms with Gasteiger partial charge in [0, 0.05) is 31.8 Å². The third kappa shape index (κ3) is 5.88. The lowest BCUT2D eigenvalue weighted by Crippen LogP contribution is -2.39. The van der Waals surface area contributed by atoms with E-state index < -0.39 is 10.0 Å². The van der Waals surface area contributed by atoms with Gasteiger partial charge in [0.05, 0.1) is 11.5 Å². The number of rotatable bonds is 9. The third-order valence-electron chi connectivity index (χ3n) is 6.31. The van der Waals surface area contributed by atoms with Crippen LogP contribution < -0.4 is 5.32 Å². The second-order valence-corrected chi connectivity index (χ2v) is 10.7. The van der Waals surface area contributed by atoms with Gasteiger partial charge in [-0.05, 0) is 86.0 Å². The summed E-state index contributed by atoms with van der Waals surface area (Å²) in [6, 6.07) is 13.2. The van der Waals surface area contributed by atoms with Gasteiger partial charge in [-0.2, -0.15) is 4.31 Å². The van der Waals surface area contributed by atoms with Gasteiger partial charge in [0.1, 0.15) is 0 Å². The number of nitrogens with one attached hydrogen (secondary N) is 1. The molecule has 2 aromatic rings. The molecule has 31 heavy (non-hydrogen) atoms. The number of ether oxygens (including phenoxy) is 1. The summed E-state index contributed by atoms with van der Waals surface area (Å²) < 4.78 is 32.8. The monoisotopic (exact) mass is 464 g/mol. The lowest BCUT2D eigenvalue weighted by Gasteiger charge is -2.35. The van der Waals surface area contributed by atoms with Gasteiger partial charge in [-0.3, -0.25) is 0 Å². The summed E-state index contributed by atoms with van der Waals surface area (Å²) >= 11 is 5.92. The number of nitrogens with zero attached hydrogens (tertiary/aromatic N) is 1. The largest absolute Gasteiger partial charge is 0.384 e. The Morgan fingerprint density at radius 3 is 2.39 bits per heavy atom. The number of benzene rings is 2. The van der Waals surface area contributed by atoms with Gasteiger partial charge in [0.25, 0.3) is 0 Å². The van der Waals surface area contributed by atoms with Crippen molar-refractivity contribution >= 4 is 21.6 Å². The van der Waals surface area contributed by atoms with Gasteiger partial charge in [0.2, 0.25) is 10.0 Å². The highest BCUT2D eigenvalue weighted by atomic mass is 35.5. The minimum atomic E-state index is -3.52. The molecule has 1 aliphatic rings. The quantitative estimate of drug-likeness (QED) is 0.589. The van der Waals surface area contributed by atoms with Crippen LogP contribution in [0.3, 0.4) is 0 Å². The average Bonchev–Trinajstić information content (AvgIpc) is 2.78. The third-order valence-corrected chi connectivity index (χ3v) is 8.49. The van der Waals surface area contributed by atoms with Crippen LogP contribution in [-0.2, 0) is 27.7 Å². The standard InChI is InChI=1S/C24H33ClN2O3S/c1-26-17-20-16-18(14-15-30-3)4-13-24(20)19-5-9-22(10-6-19)27(2)31(28,29)23-11-7-21(25)8-12-23/h4,7-8,11-13,16,19,22,26H,5-6,9-10,14-15,17H2,1-3H3. The first-order chi connectivity index (χ1) is 14.9. The highest BCUT2D eigenvalue weighted by molar-refractivity contribution is 7.89. The summed E-state index contributed by atoms with van der Waals surface area (Å²) in [5.41, 5.74) is 4.01. The summed E-state index contributed by atoms with van der Waals surface area (Å²) in [7, 11) is 1.88. The smallest absolute Gasteiger partial charge is 0.243 e. The van der Waals surface area contributed by atoms with E-state index in [9.17, 15) is 8.42 Å². The number of hydrogen-bond acceptors (Lipinski definition) is 4. The van der Waals surface area contributed by atoms with Crippen LogP contribution in [0.2, 0.25) is 5.02 Å². The van der Waals surface area contributed by atoms with Gasteiger partial charge in [-0.15, -0.1) is 0 Å². The predicted octanol–water partition coefficient (Wildman–Crippen LogP) is 4.60. The molecule has 3 rings (SSSR count). The molecule has 0 bridgehead atoms. The second-order valence-electron chi connectivity index (χ2n) is 8.29. The second kappa shape index (κ2) is 10.9. The molecule has 2 aromatic carbocycles. The number of hydrogen-bond donors (Lipinski definition) is 1. The van der Waals surface area contributed by atoms with Crippen molar-refractivity contribution < 1.29 is 13.2 Å². The fourth-order valence-electron chi connectivity index (χ4n) is 4.50. The first-order valence-corrected chi connectivity index (χ1v) is 12.7. The maximum atomic E-state index is 13.0. The van der Waals surface area contributed by atoms with Crippen molar-refractivity contribution in [1.82, 2.24) is 9.62 Å². The topological polar surface area (TPSA) is 58.6 Å². The van der Waals surface area contributed by atoms with Crippen molar-refractivity contribution in [2.24, 2.45) is 0 Å². The van der Waals surface area contributed by atoms with Crippen LogP contribution in [0.5, 0.6) is 0 Å². The minimum absolute atomic E-state index is 0.0191. The molecule has 0 atom stereocenters. The highest BCUT2D eigenvalue weighted by Gasteiger charge is 2.32. The summed E-state index contributed by atoms with van der Waals surface area (Å²) in [5, 5.41) is 3.82. The Labute approximate surface area is 191 Å². The molecule has 0 spiro atoms. The van der Waals surface area contributed by atoms with E-state index in [1.165, 1.54) is 16.7 Å². The van der Waals surface area contributed by atoms with Crippen molar-refractivity contribution in [2.75, 3.05) is 27.8 Å². The van der Waals surface area contributed by atoms with Crippen molar-refractivity contribution in [1.29, 1.82) is 0 Å². The molecule has 170 valence electrons. The van der Waals surface area contributed by atoms with Gasteiger partial charge in [-0.25, -0.2) is 8.42 Å². The summed E-state index contributed by atoms with van der Waals surface area (Å²) in [6.07, 6.45) is 4.60. The van der Waals surface area contributed by atoms with E-state index in [1.54, 1.807) is 42.7 Å². The molecular weight excluding hydrogens is 432 g/mol. The molecule has 1 aliphatic carbocycles. The lowest BCUT2D eigenvalue weighted by molar-refractivity contribution is 0.202. The number of methoxy groups -OCH3 is 1. The molecule has 0 saturated heterocycles. The molecule has 0 aromatic heterocycles. The first-order valence-electron chi connectivity index (χ1n) is 10.9. The summed E-state index contributed by atoms with van der Waals surface area (Å²) in [4.78, 5) is 0.296. The van der Waals surface area contributed by atoms with Gasteiger partial charge >= 0.3 is 0 Å². The van der Waals surface area contributed by atoms with E-state index in [1.807, 2.05) is 7.05 Å². The fourth-order valence-corrected chi connectivity index (χ4v) is 6.04. The molecule has 7 heteroatoms. The molecule has 0 heterocycles. The average molecular weight is 465 g/mol. The zero-order chi connectivity index (χ0) is 22.4. The maximum absolute atomic E-state index is 13.0. The molecule has 1 saturated carbocycles. The Bertz CT molecular complexity index is 955. The van der Waals surface area contributed by atoms with Gasteiger partial charge < -0.3 is 10.1 Å². The van der Waals surface area contributed by atoms with Crippen LogP contribution in [0.4, 0.5) is 0 Å². The van der Waals surface area contributed by atoms with Crippen LogP contribution in [0.15, 0.2) is 47.4 Å². The Hall–Kier alpha value is -1.44.